The van der Waals surface area contributed by atoms with E-state index in [0.717, 1.165) is 31.5 Å². The third-order valence-electron chi connectivity index (χ3n) is 5.70. The number of piperazine rings is 1. The van der Waals surface area contributed by atoms with E-state index in [4.69, 9.17) is 16.4 Å². The summed E-state index contributed by atoms with van der Waals surface area (Å²) >= 11 is 6.40. The van der Waals surface area contributed by atoms with Crippen LogP contribution < -0.4 is 4.84 Å². The van der Waals surface area contributed by atoms with Gasteiger partial charge in [0.15, 0.2) is 0 Å². The van der Waals surface area contributed by atoms with Gasteiger partial charge in [0.05, 0.1) is 10.6 Å². The fourth-order valence-corrected chi connectivity index (χ4v) is 4.25. The molecule has 2 saturated heterocycles. The van der Waals surface area contributed by atoms with Gasteiger partial charge < -0.3 is 24.9 Å². The minimum atomic E-state index is -0.658. The van der Waals surface area contributed by atoms with Crippen LogP contribution in [-0.2, 0) is 6.54 Å². The van der Waals surface area contributed by atoms with E-state index in [1.54, 1.807) is 6.07 Å². The smallest absolute Gasteiger partial charge is 0.434 e. The number of benzene rings is 1. The third-order valence-corrected chi connectivity index (χ3v) is 6.01. The fourth-order valence-electron chi connectivity index (χ4n) is 3.98. The van der Waals surface area contributed by atoms with Gasteiger partial charge in [-0.3, -0.25) is 9.69 Å². The van der Waals surface area contributed by atoms with Crippen molar-refractivity contribution in [2.45, 2.75) is 19.4 Å². The molecule has 2 aliphatic rings. The van der Waals surface area contributed by atoms with E-state index in [1.807, 2.05) is 17.0 Å². The highest BCUT2D eigenvalue weighted by atomic mass is 35.5. The summed E-state index contributed by atoms with van der Waals surface area (Å²) in [5.41, 5.74) is 1.44. The Morgan fingerprint density at radius 3 is 2.19 bits per heavy atom. The van der Waals surface area contributed by atoms with Crippen molar-refractivity contribution in [1.29, 1.82) is 0 Å². The zero-order valence-corrected chi connectivity index (χ0v) is 17.8. The summed E-state index contributed by atoms with van der Waals surface area (Å²) in [6, 6.07) is 7.98. The molecule has 10 heteroatoms. The van der Waals surface area contributed by atoms with Crippen molar-refractivity contribution in [3.05, 3.63) is 46.5 Å². The molecule has 0 saturated carbocycles. The van der Waals surface area contributed by atoms with Crippen molar-refractivity contribution in [2.24, 2.45) is 0 Å². The largest absolute Gasteiger partial charge is 0.492 e. The Hall–Kier alpha value is -2.91. The maximum Gasteiger partial charge on any atom is 0.434 e. The second kappa shape index (κ2) is 9.07. The van der Waals surface area contributed by atoms with Crippen molar-refractivity contribution in [3.63, 3.8) is 0 Å². The first-order valence-electron chi connectivity index (χ1n) is 10.3. The van der Waals surface area contributed by atoms with E-state index in [2.05, 4.69) is 4.90 Å². The number of aromatic hydroxyl groups is 2. The second-order valence-corrected chi connectivity index (χ2v) is 8.14. The average Bonchev–Trinajstić information content (AvgIpc) is 3.40. The number of likely N-dealkylation sites (tertiary alicyclic amines) is 1. The molecule has 31 heavy (non-hydrogen) atoms. The van der Waals surface area contributed by atoms with Crippen LogP contribution >= 0.6 is 11.6 Å². The Morgan fingerprint density at radius 2 is 1.55 bits per heavy atom. The second-order valence-electron chi connectivity index (χ2n) is 7.74. The lowest BCUT2D eigenvalue weighted by Gasteiger charge is -2.34. The normalized spacial score (nSPS) is 17.2. The zero-order chi connectivity index (χ0) is 22.0. The number of carbonyl (C=O) groups is 2. The quantitative estimate of drug-likeness (QED) is 0.743. The van der Waals surface area contributed by atoms with Crippen LogP contribution in [0.4, 0.5) is 4.79 Å². The molecule has 2 aromatic rings. The summed E-state index contributed by atoms with van der Waals surface area (Å²) in [6.07, 6.45) is 1.37. The van der Waals surface area contributed by atoms with E-state index in [9.17, 15) is 19.8 Å². The molecule has 0 spiro atoms. The minimum absolute atomic E-state index is 0.0216. The summed E-state index contributed by atoms with van der Waals surface area (Å²) in [4.78, 5) is 35.9. The molecule has 3 heterocycles. The average molecular weight is 449 g/mol. The first kappa shape index (κ1) is 21.3. The van der Waals surface area contributed by atoms with Crippen molar-refractivity contribution in [1.82, 2.24) is 19.4 Å². The Kier molecular flexibility index (Phi) is 6.24. The molecule has 9 nitrogen and oxygen atoms in total. The molecule has 2 amide bonds. The van der Waals surface area contributed by atoms with Gasteiger partial charge in [0.25, 0.3) is 5.91 Å². The molecule has 0 radical (unpaired) electrons. The van der Waals surface area contributed by atoms with E-state index in [0.29, 0.717) is 48.0 Å². The van der Waals surface area contributed by atoms with E-state index < -0.39 is 6.09 Å². The monoisotopic (exact) mass is 448 g/mol. The zero-order valence-electron chi connectivity index (χ0n) is 17.0. The van der Waals surface area contributed by atoms with Gasteiger partial charge >= 0.3 is 6.09 Å². The molecule has 0 atom stereocenters. The van der Waals surface area contributed by atoms with E-state index in [-0.39, 0.29) is 17.7 Å². The molecule has 166 valence electrons. The van der Waals surface area contributed by atoms with Crippen LogP contribution in [0.3, 0.4) is 0 Å². The predicted octanol–water partition coefficient (Wildman–Crippen LogP) is 2.16. The molecule has 4 rings (SSSR count). The highest BCUT2D eigenvalue weighted by molar-refractivity contribution is 6.34. The first-order chi connectivity index (χ1) is 14.9. The predicted molar refractivity (Wildman–Crippen MR) is 113 cm³/mol. The number of amides is 2. The SMILES string of the molecule is O=C(On1c(O)ccc1O)N1CCN(Cc2cccc(Cl)c2C(=O)N2CCCC2)CC1. The Labute approximate surface area is 184 Å². The highest BCUT2D eigenvalue weighted by Gasteiger charge is 2.27. The molecule has 0 aliphatic carbocycles. The van der Waals surface area contributed by atoms with Crippen LogP contribution in [0.5, 0.6) is 11.8 Å². The van der Waals surface area contributed by atoms with Gasteiger partial charge in [-0.1, -0.05) is 23.7 Å². The van der Waals surface area contributed by atoms with Crippen LogP contribution in [-0.4, -0.2) is 80.9 Å². The molecule has 0 bridgehead atoms. The Balaban J connectivity index is 1.37. The van der Waals surface area contributed by atoms with E-state index in [1.165, 1.54) is 17.0 Å². The van der Waals surface area contributed by atoms with Gasteiger partial charge in [-0.2, -0.15) is 0 Å². The molecular formula is C21H25ClN4O5. The lowest BCUT2D eigenvalue weighted by molar-refractivity contribution is 0.0554. The fraction of sp³-hybridized carbons (Fsp3) is 0.429. The Morgan fingerprint density at radius 1 is 0.903 bits per heavy atom. The summed E-state index contributed by atoms with van der Waals surface area (Å²) in [5, 5.41) is 19.7. The minimum Gasteiger partial charge on any atom is -0.492 e. The summed E-state index contributed by atoms with van der Waals surface area (Å²) in [5.74, 6) is -0.743. The number of carbonyl (C=O) groups excluding carboxylic acids is 2. The lowest BCUT2D eigenvalue weighted by atomic mass is 10.0. The molecule has 1 aromatic heterocycles. The third kappa shape index (κ3) is 4.57. The standard InChI is InChI=1S/C21H25ClN4O5/c22-16-5-3-4-15(19(16)20(29)24-8-1-2-9-24)14-23-10-12-25(13-11-23)21(30)31-26-17(27)6-7-18(26)28/h3-7,27-28H,1-2,8-14H2. The maximum absolute atomic E-state index is 13.0. The van der Waals surface area contributed by atoms with Gasteiger partial charge in [0.2, 0.25) is 11.8 Å². The Bertz CT molecular complexity index is 945. The van der Waals surface area contributed by atoms with Crippen LogP contribution in [0.2, 0.25) is 5.02 Å². The van der Waals surface area contributed by atoms with Crippen molar-refractivity contribution >= 4 is 23.6 Å². The number of nitrogens with zero attached hydrogens (tertiary/aromatic N) is 4. The van der Waals surface area contributed by atoms with Crippen molar-refractivity contribution in [2.75, 3.05) is 39.3 Å². The number of hydrogen-bond donors (Lipinski definition) is 2. The van der Waals surface area contributed by atoms with E-state index >= 15 is 0 Å². The molecular weight excluding hydrogens is 424 g/mol. The van der Waals surface area contributed by atoms with Crippen LogP contribution in [0.15, 0.2) is 30.3 Å². The molecule has 0 unspecified atom stereocenters. The summed E-state index contributed by atoms with van der Waals surface area (Å²) in [7, 11) is 0. The van der Waals surface area contributed by atoms with Gasteiger partial charge in [0, 0.05) is 57.9 Å². The van der Waals surface area contributed by atoms with Crippen LogP contribution in [0, 0.1) is 0 Å². The van der Waals surface area contributed by atoms with Gasteiger partial charge in [0.1, 0.15) is 0 Å². The molecule has 2 N–H and O–H groups in total. The van der Waals surface area contributed by atoms with Crippen LogP contribution in [0.25, 0.3) is 0 Å². The number of rotatable bonds is 4. The number of hydrogen-bond acceptors (Lipinski definition) is 6. The van der Waals surface area contributed by atoms with Crippen molar-refractivity contribution in [3.8, 4) is 11.8 Å². The topological polar surface area (TPSA) is 98.5 Å². The number of halogens is 1. The molecule has 2 aliphatic heterocycles. The van der Waals surface area contributed by atoms with Crippen LogP contribution in [0.1, 0.15) is 28.8 Å². The highest BCUT2D eigenvalue weighted by Crippen LogP contribution is 2.25. The van der Waals surface area contributed by atoms with Crippen molar-refractivity contribution < 1.29 is 24.6 Å². The summed E-state index contributed by atoms with van der Waals surface area (Å²) < 4.78 is 0.677. The van der Waals surface area contributed by atoms with Gasteiger partial charge in [-0.05, 0) is 24.5 Å². The molecule has 2 fully saturated rings. The first-order valence-corrected chi connectivity index (χ1v) is 10.7. The lowest BCUT2D eigenvalue weighted by Crippen LogP contribution is -2.50. The maximum atomic E-state index is 13.0. The number of aromatic nitrogens is 1. The van der Waals surface area contributed by atoms with Gasteiger partial charge in [-0.15, -0.1) is 4.73 Å². The molecule has 1 aromatic carbocycles. The summed E-state index contributed by atoms with van der Waals surface area (Å²) in [6.45, 7) is 4.07. The van der Waals surface area contributed by atoms with Gasteiger partial charge in [-0.25, -0.2) is 4.79 Å².